The van der Waals surface area contributed by atoms with Gasteiger partial charge in [-0.1, -0.05) is 6.92 Å². The van der Waals surface area contributed by atoms with Crippen LogP contribution in [0.5, 0.6) is 0 Å². The van der Waals surface area contributed by atoms with E-state index in [-0.39, 0.29) is 23.5 Å². The minimum atomic E-state index is -0.515. The fourth-order valence-electron chi connectivity index (χ4n) is 1.13. The van der Waals surface area contributed by atoms with E-state index < -0.39 is 11.6 Å². The predicted molar refractivity (Wildman–Crippen MR) is 74.9 cm³/mol. The Hall–Kier alpha value is -1.24. The minimum absolute atomic E-state index is 0.124. The zero-order chi connectivity index (χ0) is 15.1. The molecular weight excluding hydrogens is 268 g/mol. The highest BCUT2D eigenvalue weighted by Gasteiger charge is 2.17. The van der Waals surface area contributed by atoms with Gasteiger partial charge in [0.15, 0.2) is 0 Å². The third-order valence-corrected chi connectivity index (χ3v) is 3.15. The number of carbonyl (C=O) groups excluding carboxylic acids is 3. The molecule has 0 aliphatic carbocycles. The van der Waals surface area contributed by atoms with Gasteiger partial charge in [0, 0.05) is 11.3 Å². The molecule has 0 aromatic rings. The summed E-state index contributed by atoms with van der Waals surface area (Å²) in [5, 5.41) is 4.85. The molecular formula is C12H22N2O4S. The van der Waals surface area contributed by atoms with Crippen molar-refractivity contribution in [2.24, 2.45) is 5.92 Å². The van der Waals surface area contributed by atoms with Gasteiger partial charge in [0.1, 0.15) is 0 Å². The van der Waals surface area contributed by atoms with Crippen molar-refractivity contribution >= 4 is 29.7 Å². The first-order valence-corrected chi connectivity index (χ1v) is 7.08. The number of thioether (sulfide) groups is 1. The topological polar surface area (TPSA) is 84.5 Å². The normalized spacial score (nSPS) is 12.5. The second kappa shape index (κ2) is 8.04. The van der Waals surface area contributed by atoms with Crippen LogP contribution in [0.2, 0.25) is 0 Å². The van der Waals surface area contributed by atoms with Crippen LogP contribution >= 0.6 is 11.8 Å². The highest BCUT2D eigenvalue weighted by Crippen LogP contribution is 2.09. The number of amides is 3. The molecule has 0 aliphatic heterocycles. The lowest BCUT2D eigenvalue weighted by molar-refractivity contribution is -0.144. The summed E-state index contributed by atoms with van der Waals surface area (Å²) in [6, 6.07) is -0.515. The number of methoxy groups -OCH3 is 1. The molecule has 2 N–H and O–H groups in total. The van der Waals surface area contributed by atoms with E-state index in [0.717, 1.165) is 0 Å². The van der Waals surface area contributed by atoms with E-state index in [0.29, 0.717) is 5.75 Å². The monoisotopic (exact) mass is 290 g/mol. The summed E-state index contributed by atoms with van der Waals surface area (Å²) in [7, 11) is 1.33. The molecule has 0 heterocycles. The SMILES string of the molecule is COC(=O)C(C)CSCC(=O)NC(=O)NC(C)(C)C. The number of hydrogen-bond donors (Lipinski definition) is 2. The van der Waals surface area contributed by atoms with Crippen LogP contribution in [-0.2, 0) is 14.3 Å². The number of imide groups is 1. The van der Waals surface area contributed by atoms with Gasteiger partial charge in [0.2, 0.25) is 5.91 Å². The van der Waals surface area contributed by atoms with Crippen molar-refractivity contribution < 1.29 is 19.1 Å². The van der Waals surface area contributed by atoms with Gasteiger partial charge in [-0.3, -0.25) is 14.9 Å². The van der Waals surface area contributed by atoms with Crippen molar-refractivity contribution in [2.45, 2.75) is 33.2 Å². The van der Waals surface area contributed by atoms with Crippen molar-refractivity contribution in [3.63, 3.8) is 0 Å². The first-order valence-electron chi connectivity index (χ1n) is 5.93. The molecule has 0 aliphatic rings. The lowest BCUT2D eigenvalue weighted by atomic mass is 10.1. The summed E-state index contributed by atoms with van der Waals surface area (Å²) < 4.78 is 4.57. The zero-order valence-corrected chi connectivity index (χ0v) is 12.8. The quantitative estimate of drug-likeness (QED) is 0.742. The Balaban J connectivity index is 3.88. The van der Waals surface area contributed by atoms with E-state index in [1.54, 1.807) is 6.92 Å². The molecule has 110 valence electrons. The molecule has 7 heteroatoms. The van der Waals surface area contributed by atoms with Crippen molar-refractivity contribution in [3.05, 3.63) is 0 Å². The molecule has 0 saturated heterocycles. The lowest BCUT2D eigenvalue weighted by Crippen LogP contribution is -2.48. The first kappa shape index (κ1) is 17.8. The van der Waals surface area contributed by atoms with Gasteiger partial charge in [-0.25, -0.2) is 4.79 Å². The fourth-order valence-corrected chi connectivity index (χ4v) is 2.00. The second-order valence-corrected chi connectivity index (χ2v) is 6.22. The minimum Gasteiger partial charge on any atom is -0.469 e. The van der Waals surface area contributed by atoms with Gasteiger partial charge in [-0.05, 0) is 20.8 Å². The zero-order valence-electron chi connectivity index (χ0n) is 12.0. The van der Waals surface area contributed by atoms with Crippen molar-refractivity contribution in [1.82, 2.24) is 10.6 Å². The molecule has 0 rings (SSSR count). The summed E-state index contributed by atoms with van der Waals surface area (Å²) in [4.78, 5) is 34.0. The summed E-state index contributed by atoms with van der Waals surface area (Å²) in [6.07, 6.45) is 0. The molecule has 0 radical (unpaired) electrons. The van der Waals surface area contributed by atoms with Gasteiger partial charge < -0.3 is 10.1 Å². The van der Waals surface area contributed by atoms with Crippen LogP contribution < -0.4 is 10.6 Å². The number of esters is 1. The maximum atomic E-state index is 11.5. The Kier molecular flexibility index (Phi) is 7.51. The van der Waals surface area contributed by atoms with Crippen LogP contribution in [0.1, 0.15) is 27.7 Å². The van der Waals surface area contributed by atoms with Crippen LogP contribution in [0.3, 0.4) is 0 Å². The number of hydrogen-bond acceptors (Lipinski definition) is 5. The summed E-state index contributed by atoms with van der Waals surface area (Å²) >= 11 is 1.28. The molecule has 6 nitrogen and oxygen atoms in total. The molecule has 0 aromatic heterocycles. The average molecular weight is 290 g/mol. The molecule has 19 heavy (non-hydrogen) atoms. The van der Waals surface area contributed by atoms with E-state index in [9.17, 15) is 14.4 Å². The molecule has 0 bridgehead atoms. The fraction of sp³-hybridized carbons (Fsp3) is 0.750. The molecule has 0 spiro atoms. The van der Waals surface area contributed by atoms with Crippen molar-refractivity contribution in [2.75, 3.05) is 18.6 Å². The highest BCUT2D eigenvalue weighted by atomic mass is 32.2. The van der Waals surface area contributed by atoms with E-state index in [1.807, 2.05) is 20.8 Å². The molecule has 0 aromatic carbocycles. The van der Waals surface area contributed by atoms with Crippen LogP contribution in [0.25, 0.3) is 0 Å². The number of rotatable bonds is 5. The molecule has 0 saturated carbocycles. The van der Waals surface area contributed by atoms with Gasteiger partial charge >= 0.3 is 12.0 Å². The number of nitrogens with one attached hydrogen (secondary N) is 2. The molecule has 0 fully saturated rings. The van der Waals surface area contributed by atoms with Gasteiger partial charge in [-0.15, -0.1) is 0 Å². The third-order valence-electron chi connectivity index (χ3n) is 1.95. The van der Waals surface area contributed by atoms with Gasteiger partial charge in [0.25, 0.3) is 0 Å². The number of carbonyl (C=O) groups is 3. The summed E-state index contributed by atoms with van der Waals surface area (Å²) in [6.45, 7) is 7.20. The number of ether oxygens (including phenoxy) is 1. The Morgan fingerprint density at radius 2 is 1.84 bits per heavy atom. The van der Waals surface area contributed by atoms with E-state index >= 15 is 0 Å². The highest BCUT2D eigenvalue weighted by molar-refractivity contribution is 7.99. The Labute approximate surface area is 118 Å². The number of urea groups is 1. The van der Waals surface area contributed by atoms with Crippen LogP contribution in [0.15, 0.2) is 0 Å². The van der Waals surface area contributed by atoms with Crippen LogP contribution in [0, 0.1) is 5.92 Å². The van der Waals surface area contributed by atoms with Crippen LogP contribution in [-0.4, -0.2) is 42.1 Å². The van der Waals surface area contributed by atoms with Gasteiger partial charge in [-0.2, -0.15) is 11.8 Å². The molecule has 1 unspecified atom stereocenters. The summed E-state index contributed by atoms with van der Waals surface area (Å²) in [5.41, 5.74) is -0.392. The van der Waals surface area contributed by atoms with Crippen molar-refractivity contribution in [3.8, 4) is 0 Å². The predicted octanol–water partition coefficient (Wildman–Crippen LogP) is 1.15. The largest absolute Gasteiger partial charge is 0.469 e. The van der Waals surface area contributed by atoms with E-state index in [2.05, 4.69) is 15.4 Å². The molecule has 3 amide bonds. The van der Waals surface area contributed by atoms with Gasteiger partial charge in [0.05, 0.1) is 18.8 Å². The maximum Gasteiger partial charge on any atom is 0.321 e. The smallest absolute Gasteiger partial charge is 0.321 e. The first-order chi connectivity index (χ1) is 8.65. The standard InChI is InChI=1S/C12H22N2O4S/c1-8(10(16)18-5)6-19-7-9(15)13-11(17)14-12(2,3)4/h8H,6-7H2,1-5H3,(H2,13,14,15,17). The van der Waals surface area contributed by atoms with Crippen LogP contribution in [0.4, 0.5) is 4.79 Å². The Morgan fingerprint density at radius 1 is 1.26 bits per heavy atom. The maximum absolute atomic E-state index is 11.5. The third kappa shape index (κ3) is 9.35. The second-order valence-electron chi connectivity index (χ2n) is 5.19. The average Bonchev–Trinajstić information content (AvgIpc) is 2.24. The summed E-state index contributed by atoms with van der Waals surface area (Å²) in [5.74, 6) is -0.367. The van der Waals surface area contributed by atoms with E-state index in [1.165, 1.54) is 18.9 Å². The molecule has 1 atom stereocenters. The van der Waals surface area contributed by atoms with E-state index in [4.69, 9.17) is 0 Å². The lowest BCUT2D eigenvalue weighted by Gasteiger charge is -2.20. The van der Waals surface area contributed by atoms with Crippen molar-refractivity contribution in [1.29, 1.82) is 0 Å². The Bertz CT molecular complexity index is 339. The Morgan fingerprint density at radius 3 is 2.32 bits per heavy atom.